The minimum atomic E-state index is -0.455. The molecule has 126 valence electrons. The molecule has 2 rings (SSSR count). The van der Waals surface area contributed by atoms with Crippen molar-refractivity contribution >= 4 is 44.9 Å². The Morgan fingerprint density at radius 1 is 1.29 bits per heavy atom. The van der Waals surface area contributed by atoms with E-state index in [0.29, 0.717) is 17.9 Å². The third-order valence-electron chi connectivity index (χ3n) is 3.00. The van der Waals surface area contributed by atoms with Crippen molar-refractivity contribution in [3.05, 3.63) is 58.3 Å². The van der Waals surface area contributed by atoms with Gasteiger partial charge in [0.1, 0.15) is 11.6 Å². The number of carbonyl (C=O) groups is 1. The van der Waals surface area contributed by atoms with Crippen LogP contribution in [0, 0.1) is 5.82 Å². The van der Waals surface area contributed by atoms with Crippen LogP contribution < -0.4 is 15.4 Å². The molecule has 0 aliphatic rings. The molecule has 4 nitrogen and oxygen atoms in total. The number of nitrogens with one attached hydrogen (secondary N) is 2. The number of rotatable bonds is 5. The van der Waals surface area contributed by atoms with Crippen molar-refractivity contribution in [3.63, 3.8) is 0 Å². The summed E-state index contributed by atoms with van der Waals surface area (Å²) in [6.07, 6.45) is 0.824. The van der Waals surface area contributed by atoms with Crippen LogP contribution in [-0.4, -0.2) is 17.6 Å². The summed E-state index contributed by atoms with van der Waals surface area (Å²) in [5.74, 6) is -0.425. The predicted molar refractivity (Wildman–Crippen MR) is 100 cm³/mol. The highest BCUT2D eigenvalue weighted by atomic mass is 79.9. The van der Waals surface area contributed by atoms with Crippen LogP contribution in [0.1, 0.15) is 23.7 Å². The molecule has 7 heteroatoms. The largest absolute Gasteiger partial charge is 0.493 e. The van der Waals surface area contributed by atoms with Crippen molar-refractivity contribution in [2.75, 3.05) is 11.9 Å². The van der Waals surface area contributed by atoms with Crippen LogP contribution in [-0.2, 0) is 0 Å². The average Bonchev–Trinajstić information content (AvgIpc) is 2.55. The molecule has 0 saturated heterocycles. The molecule has 0 bridgehead atoms. The van der Waals surface area contributed by atoms with Crippen LogP contribution in [0.25, 0.3) is 0 Å². The SMILES string of the molecule is CCCOc1ccc(Br)cc1C(=O)NC(=S)Nc1ccccc1F. The summed E-state index contributed by atoms with van der Waals surface area (Å²) in [5.41, 5.74) is 0.537. The van der Waals surface area contributed by atoms with Gasteiger partial charge in [0, 0.05) is 4.47 Å². The minimum Gasteiger partial charge on any atom is -0.493 e. The van der Waals surface area contributed by atoms with Crippen LogP contribution in [0.4, 0.5) is 10.1 Å². The van der Waals surface area contributed by atoms with Crippen LogP contribution in [0.5, 0.6) is 5.75 Å². The third-order valence-corrected chi connectivity index (χ3v) is 3.69. The maximum atomic E-state index is 13.6. The number of ether oxygens (including phenoxy) is 1. The van der Waals surface area contributed by atoms with Gasteiger partial charge < -0.3 is 10.1 Å². The van der Waals surface area contributed by atoms with E-state index in [2.05, 4.69) is 26.6 Å². The topological polar surface area (TPSA) is 50.4 Å². The number of amides is 1. The van der Waals surface area contributed by atoms with Crippen molar-refractivity contribution in [1.29, 1.82) is 0 Å². The molecular formula is C17H16BrFN2O2S. The lowest BCUT2D eigenvalue weighted by atomic mass is 10.2. The van der Waals surface area contributed by atoms with Crippen molar-refractivity contribution in [3.8, 4) is 5.75 Å². The minimum absolute atomic E-state index is 0.00603. The van der Waals surface area contributed by atoms with Gasteiger partial charge in [-0.25, -0.2) is 4.39 Å². The Kier molecular flexibility index (Phi) is 6.69. The number of hydrogen-bond acceptors (Lipinski definition) is 3. The quantitative estimate of drug-likeness (QED) is 0.712. The fraction of sp³-hybridized carbons (Fsp3) is 0.176. The highest BCUT2D eigenvalue weighted by Gasteiger charge is 2.15. The van der Waals surface area contributed by atoms with Crippen LogP contribution in [0.2, 0.25) is 0 Å². The fourth-order valence-corrected chi connectivity index (χ4v) is 2.47. The molecule has 0 aromatic heterocycles. The molecule has 2 N–H and O–H groups in total. The van der Waals surface area contributed by atoms with Crippen molar-refractivity contribution < 1.29 is 13.9 Å². The van der Waals surface area contributed by atoms with Gasteiger partial charge in [-0.2, -0.15) is 0 Å². The van der Waals surface area contributed by atoms with Crippen molar-refractivity contribution in [1.82, 2.24) is 5.32 Å². The number of carbonyl (C=O) groups excluding carboxylic acids is 1. The lowest BCUT2D eigenvalue weighted by Crippen LogP contribution is -2.34. The first-order valence-electron chi connectivity index (χ1n) is 7.30. The second kappa shape index (κ2) is 8.75. The zero-order valence-electron chi connectivity index (χ0n) is 12.9. The number of halogens is 2. The van der Waals surface area contributed by atoms with Crippen LogP contribution in [0.3, 0.4) is 0 Å². The standard InChI is InChI=1S/C17H16BrFN2O2S/c1-2-9-23-15-8-7-11(18)10-12(15)16(22)21-17(24)20-14-6-4-3-5-13(14)19/h3-8,10H,2,9H2,1H3,(H2,20,21,22,24). The van der Waals surface area contributed by atoms with Crippen molar-refractivity contribution in [2.24, 2.45) is 0 Å². The van der Waals surface area contributed by atoms with E-state index >= 15 is 0 Å². The Morgan fingerprint density at radius 2 is 2.04 bits per heavy atom. The molecule has 0 atom stereocenters. The first kappa shape index (κ1) is 18.4. The Bertz CT molecular complexity index is 755. The lowest BCUT2D eigenvalue weighted by Gasteiger charge is -2.13. The van der Waals surface area contributed by atoms with Gasteiger partial charge in [0.05, 0.1) is 17.9 Å². The summed E-state index contributed by atoms with van der Waals surface area (Å²) in [6, 6.07) is 11.2. The monoisotopic (exact) mass is 410 g/mol. The number of anilines is 1. The molecule has 0 saturated carbocycles. The maximum absolute atomic E-state index is 13.6. The molecule has 0 fully saturated rings. The summed E-state index contributed by atoms with van der Waals surface area (Å²) >= 11 is 8.40. The molecule has 0 aliphatic carbocycles. The molecule has 0 heterocycles. The van der Waals surface area contributed by atoms with E-state index in [-0.39, 0.29) is 10.8 Å². The first-order chi connectivity index (χ1) is 11.5. The molecule has 0 spiro atoms. The molecule has 2 aromatic rings. The van der Waals surface area contributed by atoms with Gasteiger partial charge in [0.25, 0.3) is 5.91 Å². The van der Waals surface area contributed by atoms with E-state index in [0.717, 1.165) is 10.9 Å². The number of para-hydroxylation sites is 1. The van der Waals surface area contributed by atoms with E-state index in [1.54, 1.807) is 30.3 Å². The van der Waals surface area contributed by atoms with E-state index in [1.165, 1.54) is 12.1 Å². The zero-order valence-corrected chi connectivity index (χ0v) is 15.3. The highest BCUT2D eigenvalue weighted by molar-refractivity contribution is 9.10. The molecule has 0 unspecified atom stereocenters. The first-order valence-corrected chi connectivity index (χ1v) is 8.50. The molecule has 0 radical (unpaired) electrons. The Hall–Kier alpha value is -1.99. The smallest absolute Gasteiger partial charge is 0.261 e. The van der Waals surface area contributed by atoms with Crippen LogP contribution in [0.15, 0.2) is 46.9 Å². The Morgan fingerprint density at radius 3 is 2.75 bits per heavy atom. The maximum Gasteiger partial charge on any atom is 0.261 e. The van der Waals surface area contributed by atoms with E-state index < -0.39 is 11.7 Å². The summed E-state index contributed by atoms with van der Waals surface area (Å²) in [5, 5.41) is 5.20. The third kappa shape index (κ3) is 5.01. The van der Waals surface area contributed by atoms with Gasteiger partial charge in [0.15, 0.2) is 5.11 Å². The van der Waals surface area contributed by atoms with E-state index in [9.17, 15) is 9.18 Å². The van der Waals surface area contributed by atoms with Gasteiger partial charge in [0.2, 0.25) is 0 Å². The molecule has 0 aliphatic heterocycles. The van der Waals surface area contributed by atoms with Gasteiger partial charge in [-0.15, -0.1) is 0 Å². The number of thiocarbonyl (C=S) groups is 1. The molecular weight excluding hydrogens is 395 g/mol. The number of benzene rings is 2. The molecule has 1 amide bonds. The Labute approximate surface area is 153 Å². The van der Waals surface area contributed by atoms with E-state index in [4.69, 9.17) is 17.0 Å². The second-order valence-corrected chi connectivity index (χ2v) is 6.20. The summed E-state index contributed by atoms with van der Waals surface area (Å²) in [4.78, 5) is 12.4. The van der Waals surface area contributed by atoms with Crippen molar-refractivity contribution in [2.45, 2.75) is 13.3 Å². The van der Waals surface area contributed by atoms with Gasteiger partial charge in [-0.3, -0.25) is 10.1 Å². The summed E-state index contributed by atoms with van der Waals surface area (Å²) in [6.45, 7) is 2.48. The zero-order chi connectivity index (χ0) is 17.5. The normalized spacial score (nSPS) is 10.1. The molecule has 2 aromatic carbocycles. The summed E-state index contributed by atoms with van der Waals surface area (Å²) in [7, 11) is 0. The summed E-state index contributed by atoms with van der Waals surface area (Å²) < 4.78 is 19.9. The second-order valence-electron chi connectivity index (χ2n) is 4.88. The van der Waals surface area contributed by atoms with Gasteiger partial charge in [-0.1, -0.05) is 35.0 Å². The van der Waals surface area contributed by atoms with E-state index in [1.807, 2.05) is 6.92 Å². The van der Waals surface area contributed by atoms with Crippen LogP contribution >= 0.6 is 28.1 Å². The van der Waals surface area contributed by atoms with Gasteiger partial charge in [-0.05, 0) is 49.0 Å². The molecule has 24 heavy (non-hydrogen) atoms. The lowest BCUT2D eigenvalue weighted by molar-refractivity contribution is 0.0973. The predicted octanol–water partition coefficient (Wildman–Crippen LogP) is 4.50. The average molecular weight is 411 g/mol. The Balaban J connectivity index is 2.10. The number of hydrogen-bond donors (Lipinski definition) is 2. The van der Waals surface area contributed by atoms with Gasteiger partial charge >= 0.3 is 0 Å². The highest BCUT2D eigenvalue weighted by Crippen LogP contribution is 2.23. The fourth-order valence-electron chi connectivity index (χ4n) is 1.90.